The molecule has 2 aromatic carbocycles. The third kappa shape index (κ3) is 9.24. The first kappa shape index (κ1) is 44.4. The van der Waals surface area contributed by atoms with E-state index in [2.05, 4.69) is 35.2 Å². The number of nitrogens with one attached hydrogen (secondary N) is 1. The van der Waals surface area contributed by atoms with Crippen LogP contribution < -0.4 is 9.47 Å². The molecule has 65 heavy (non-hydrogen) atoms. The molecule has 8 aromatic rings. The van der Waals surface area contributed by atoms with Crippen molar-refractivity contribution in [2.24, 2.45) is 7.05 Å². The van der Waals surface area contributed by atoms with E-state index in [-0.39, 0.29) is 93.5 Å². The second kappa shape index (κ2) is 17.7. The van der Waals surface area contributed by atoms with Gasteiger partial charge in [-0.1, -0.05) is 21.9 Å². The number of carbonyl (C=O) groups excluding carboxylic acids is 2. The monoisotopic (exact) mass is 918 g/mol. The van der Waals surface area contributed by atoms with Gasteiger partial charge in [0.2, 0.25) is 23.4 Å². The van der Waals surface area contributed by atoms with Gasteiger partial charge in [0.1, 0.15) is 22.2 Å². The zero-order chi connectivity index (χ0) is 46.3. The van der Waals surface area contributed by atoms with Crippen LogP contribution in [0.4, 0.5) is 22.0 Å². The Hall–Kier alpha value is -7.22. The van der Waals surface area contributed by atoms with E-state index in [1.165, 1.54) is 30.6 Å². The first-order valence-corrected chi connectivity index (χ1v) is 20.4. The third-order valence-corrected chi connectivity index (χ3v) is 10.2. The summed E-state index contributed by atoms with van der Waals surface area (Å²) in [5, 5.41) is 8.56. The van der Waals surface area contributed by atoms with E-state index < -0.39 is 47.3 Å². The second-order valence-corrected chi connectivity index (χ2v) is 15.8. The number of carbonyl (C=O) groups is 2. The van der Waals surface area contributed by atoms with Gasteiger partial charge >= 0.3 is 18.1 Å². The van der Waals surface area contributed by atoms with Gasteiger partial charge in [-0.25, -0.2) is 18.7 Å². The van der Waals surface area contributed by atoms with E-state index in [0.29, 0.717) is 27.8 Å². The van der Waals surface area contributed by atoms with Gasteiger partial charge in [-0.05, 0) is 88.1 Å². The number of benzene rings is 2. The number of nitrogens with zero attached hydrogens (tertiary/aromatic N) is 7. The molecule has 21 heteroatoms. The van der Waals surface area contributed by atoms with Gasteiger partial charge in [0, 0.05) is 53.7 Å². The summed E-state index contributed by atoms with van der Waals surface area (Å²) in [4.78, 5) is 45.5. The van der Waals surface area contributed by atoms with Crippen molar-refractivity contribution in [3.8, 4) is 57.4 Å². The van der Waals surface area contributed by atoms with Gasteiger partial charge in [-0.2, -0.15) is 23.1 Å². The number of fused-ring (bicyclic) bond motifs is 2. The van der Waals surface area contributed by atoms with Gasteiger partial charge in [0.25, 0.3) is 11.8 Å². The molecule has 0 spiro atoms. The van der Waals surface area contributed by atoms with Crippen LogP contribution in [0.5, 0.6) is 11.8 Å². The van der Waals surface area contributed by atoms with Crippen molar-refractivity contribution in [1.82, 2.24) is 39.8 Å². The first-order valence-electron chi connectivity index (χ1n) is 20.0. The Kier molecular flexibility index (Phi) is 12.1. The number of pyridine rings is 2. The second-order valence-electron chi connectivity index (χ2n) is 15.4. The normalized spacial score (nSPS) is 12.0. The standard InChI is InChI=1S/C44H36ClF5N8O7/c1-20(2)61-42-28(44(48,49)50)14-24(17-52-42)40-54-38(56-64-40)26-8-10-30(46)34-22(16-51-36(26)34)6-12-32(59)63-33(60)13-7-23-19-58(5)37-27(9-11-31(47)35(23)37)39-55-41(65-57-39)25-15-29(45)43(53-18-25)62-21(3)4/h8-11,14-21,51H,6-7,12-13H2,1-5H3. The highest BCUT2D eigenvalue weighted by molar-refractivity contribution is 6.32. The average Bonchev–Trinajstić information content (AvgIpc) is 4.07. The van der Waals surface area contributed by atoms with Crippen molar-refractivity contribution < 1.29 is 54.8 Å². The fraction of sp³-hybridized carbons (Fsp3) is 0.273. The maximum atomic E-state index is 15.4. The number of aromatic amines is 1. The lowest BCUT2D eigenvalue weighted by Gasteiger charge is -2.15. The Morgan fingerprint density at radius 3 is 1.95 bits per heavy atom. The van der Waals surface area contributed by atoms with Crippen molar-refractivity contribution in [2.45, 2.75) is 71.8 Å². The molecular weight excluding hydrogens is 883 g/mol. The Morgan fingerprint density at radius 1 is 0.785 bits per heavy atom. The number of alkyl halides is 3. The maximum absolute atomic E-state index is 15.4. The molecule has 6 heterocycles. The third-order valence-electron chi connectivity index (χ3n) is 9.93. The zero-order valence-electron chi connectivity index (χ0n) is 35.0. The van der Waals surface area contributed by atoms with Crippen LogP contribution in [0.2, 0.25) is 5.02 Å². The van der Waals surface area contributed by atoms with Crippen molar-refractivity contribution in [3.63, 3.8) is 0 Å². The Bertz CT molecular complexity index is 3100. The first-order chi connectivity index (χ1) is 30.9. The Balaban J connectivity index is 0.920. The highest BCUT2D eigenvalue weighted by atomic mass is 35.5. The Morgan fingerprint density at radius 2 is 1.34 bits per heavy atom. The van der Waals surface area contributed by atoms with Crippen molar-refractivity contribution >= 4 is 45.3 Å². The number of esters is 2. The van der Waals surface area contributed by atoms with Crippen LogP contribution in [0.1, 0.15) is 57.2 Å². The lowest BCUT2D eigenvalue weighted by molar-refractivity contribution is -0.159. The van der Waals surface area contributed by atoms with Crippen molar-refractivity contribution in [2.75, 3.05) is 0 Å². The SMILES string of the molecule is CC(C)Oc1ncc(-c2nc(-c3ccc(F)c4c(CCC(=O)OC(=O)CCc5c[nH]c6c(-c7noc(-c8cnc(OC(C)C)c(C(F)(F)F)c8)n7)ccc(F)c56)cn(C)c34)no2)cc1Cl. The average molecular weight is 919 g/mol. The predicted molar refractivity (Wildman–Crippen MR) is 223 cm³/mol. The summed E-state index contributed by atoms with van der Waals surface area (Å²) in [6.07, 6.45) is -0.402. The molecule has 1 N–H and O–H groups in total. The minimum Gasteiger partial charge on any atom is -0.475 e. The highest BCUT2D eigenvalue weighted by Gasteiger charge is 2.37. The minimum absolute atomic E-state index is 0.0163. The predicted octanol–water partition coefficient (Wildman–Crippen LogP) is 10.0. The van der Waals surface area contributed by atoms with E-state index in [4.69, 9.17) is 34.9 Å². The number of ether oxygens (including phenoxy) is 3. The molecule has 15 nitrogen and oxygen atoms in total. The molecule has 0 atom stereocenters. The number of hydrogen-bond acceptors (Lipinski definition) is 13. The van der Waals surface area contributed by atoms with Crippen LogP contribution in [0, 0.1) is 11.6 Å². The minimum atomic E-state index is -4.79. The van der Waals surface area contributed by atoms with E-state index in [9.17, 15) is 22.8 Å². The molecule has 0 aliphatic carbocycles. The van der Waals surface area contributed by atoms with Crippen LogP contribution >= 0.6 is 11.6 Å². The van der Waals surface area contributed by atoms with Gasteiger partial charge < -0.3 is 32.8 Å². The van der Waals surface area contributed by atoms with Crippen molar-refractivity contribution in [1.29, 1.82) is 0 Å². The highest BCUT2D eigenvalue weighted by Crippen LogP contribution is 2.39. The molecular formula is C44H36ClF5N8O7. The van der Waals surface area contributed by atoms with Crippen LogP contribution in [0.3, 0.4) is 0 Å². The van der Waals surface area contributed by atoms with Crippen molar-refractivity contribution in [3.05, 3.63) is 94.5 Å². The summed E-state index contributed by atoms with van der Waals surface area (Å²) in [7, 11) is 1.70. The van der Waals surface area contributed by atoms with Gasteiger partial charge in [-0.3, -0.25) is 9.59 Å². The summed E-state index contributed by atoms with van der Waals surface area (Å²) in [5.41, 5.74) is 1.36. The quantitative estimate of drug-likeness (QED) is 0.0618. The van der Waals surface area contributed by atoms with Gasteiger partial charge in [0.15, 0.2) is 0 Å². The Labute approximate surface area is 369 Å². The molecule has 0 fully saturated rings. The molecule has 0 aliphatic heterocycles. The molecule has 0 aliphatic rings. The number of rotatable bonds is 14. The lowest BCUT2D eigenvalue weighted by Crippen LogP contribution is -2.14. The zero-order valence-corrected chi connectivity index (χ0v) is 35.8. The number of aryl methyl sites for hydroxylation is 3. The molecule has 0 bridgehead atoms. The topological polar surface area (TPSA) is 186 Å². The largest absolute Gasteiger partial charge is 0.475 e. The fourth-order valence-corrected chi connectivity index (χ4v) is 7.38. The number of aromatic nitrogens is 8. The molecule has 0 radical (unpaired) electrons. The molecule has 6 aromatic heterocycles. The van der Waals surface area contributed by atoms with Crippen LogP contribution in [0.15, 0.2) is 70.2 Å². The lowest BCUT2D eigenvalue weighted by atomic mass is 10.0. The fourth-order valence-electron chi connectivity index (χ4n) is 7.17. The van der Waals surface area contributed by atoms with E-state index in [1.807, 2.05) is 13.8 Å². The molecule has 0 saturated heterocycles. The van der Waals surface area contributed by atoms with Crippen LogP contribution in [-0.4, -0.2) is 63.9 Å². The summed E-state index contributed by atoms with van der Waals surface area (Å²) in [6, 6.07) is 7.63. The summed E-state index contributed by atoms with van der Waals surface area (Å²) in [5.74, 6) is -3.36. The van der Waals surface area contributed by atoms with E-state index in [1.54, 1.807) is 37.7 Å². The number of hydrogen-bond donors (Lipinski definition) is 1. The van der Waals surface area contributed by atoms with E-state index >= 15 is 8.78 Å². The smallest absolute Gasteiger partial charge is 0.421 e. The molecule has 0 amide bonds. The van der Waals surface area contributed by atoms with Crippen LogP contribution in [0.25, 0.3) is 67.5 Å². The summed E-state index contributed by atoms with van der Waals surface area (Å²) in [6.45, 7) is 6.82. The van der Waals surface area contributed by atoms with Gasteiger partial charge in [0.05, 0.1) is 47.2 Å². The molecule has 0 saturated carbocycles. The molecule has 8 rings (SSSR count). The summed E-state index contributed by atoms with van der Waals surface area (Å²) < 4.78 is 101. The molecule has 0 unspecified atom stereocenters. The summed E-state index contributed by atoms with van der Waals surface area (Å²) >= 11 is 6.35. The number of H-pyrrole nitrogens is 1. The van der Waals surface area contributed by atoms with Crippen LogP contribution in [-0.2, 0) is 40.4 Å². The molecule has 336 valence electrons. The maximum Gasteiger partial charge on any atom is 0.421 e. The van der Waals surface area contributed by atoms with Gasteiger partial charge in [-0.15, -0.1) is 0 Å². The number of halogens is 6. The van der Waals surface area contributed by atoms with E-state index in [0.717, 1.165) is 18.3 Å².